The highest BCUT2D eigenvalue weighted by atomic mass is 16.1. The van der Waals surface area contributed by atoms with Crippen LogP contribution in [0.4, 0.5) is 0 Å². The normalized spacial score (nSPS) is 31.3. The second-order valence-electron chi connectivity index (χ2n) is 5.80. The van der Waals surface area contributed by atoms with Crippen LogP contribution in [0.5, 0.6) is 0 Å². The van der Waals surface area contributed by atoms with E-state index in [1.165, 1.54) is 57.8 Å². The Balaban J connectivity index is 1.88. The molecule has 3 heteroatoms. The molecule has 3 N–H and O–H groups in total. The Kier molecular flexibility index (Phi) is 4.84. The molecule has 2 aliphatic carbocycles. The second kappa shape index (κ2) is 6.39. The molecule has 0 aromatic rings. The molecule has 0 radical (unpaired) electrons. The van der Waals surface area contributed by atoms with Crippen molar-refractivity contribution in [1.29, 1.82) is 0 Å². The molecule has 0 saturated heterocycles. The van der Waals surface area contributed by atoms with E-state index in [-0.39, 0.29) is 5.91 Å². The van der Waals surface area contributed by atoms with Crippen molar-refractivity contribution in [3.8, 4) is 0 Å². The number of carbonyl (C=O) groups excluding carboxylic acids is 1. The van der Waals surface area contributed by atoms with Crippen LogP contribution in [0, 0.1) is 11.8 Å². The minimum absolute atomic E-state index is 0.224. The summed E-state index contributed by atoms with van der Waals surface area (Å²) in [5.74, 6) is 1.47. The zero-order chi connectivity index (χ0) is 12.1. The van der Waals surface area contributed by atoms with Gasteiger partial charge in [0.25, 0.3) is 0 Å². The van der Waals surface area contributed by atoms with Gasteiger partial charge in [-0.25, -0.2) is 0 Å². The highest BCUT2D eigenvalue weighted by Crippen LogP contribution is 2.38. The Labute approximate surface area is 105 Å². The van der Waals surface area contributed by atoms with Crippen molar-refractivity contribution < 1.29 is 4.79 Å². The maximum absolute atomic E-state index is 10.9. The Hall–Kier alpha value is -0.570. The van der Waals surface area contributed by atoms with Gasteiger partial charge in [-0.3, -0.25) is 4.79 Å². The van der Waals surface area contributed by atoms with E-state index in [1.54, 1.807) is 0 Å². The van der Waals surface area contributed by atoms with E-state index in [4.69, 9.17) is 5.73 Å². The van der Waals surface area contributed by atoms with Gasteiger partial charge < -0.3 is 11.1 Å². The molecule has 0 aromatic heterocycles. The van der Waals surface area contributed by atoms with Crippen molar-refractivity contribution >= 4 is 5.91 Å². The first-order valence-corrected chi connectivity index (χ1v) is 7.29. The molecule has 98 valence electrons. The summed E-state index contributed by atoms with van der Waals surface area (Å²) in [4.78, 5) is 10.9. The van der Waals surface area contributed by atoms with Crippen LogP contribution in [0.25, 0.3) is 0 Å². The monoisotopic (exact) mass is 238 g/mol. The molecule has 0 heterocycles. The molecular weight excluding hydrogens is 212 g/mol. The lowest BCUT2D eigenvalue weighted by Crippen LogP contribution is -2.45. The predicted octanol–water partition coefficient (Wildman–Crippen LogP) is 2.20. The number of rotatable bonds is 4. The number of hydrogen-bond donors (Lipinski definition) is 2. The molecule has 0 aliphatic heterocycles. The second-order valence-corrected chi connectivity index (χ2v) is 5.80. The van der Waals surface area contributed by atoms with Crippen LogP contribution in [0.2, 0.25) is 0 Å². The zero-order valence-electron chi connectivity index (χ0n) is 10.8. The smallest absolute Gasteiger partial charge is 0.231 e. The summed E-state index contributed by atoms with van der Waals surface area (Å²) in [6, 6.07) is 0.541. The predicted molar refractivity (Wildman–Crippen MR) is 69.5 cm³/mol. The number of nitrogens with one attached hydrogen (secondary N) is 1. The van der Waals surface area contributed by atoms with Crippen LogP contribution in [0.3, 0.4) is 0 Å². The first-order valence-electron chi connectivity index (χ1n) is 7.29. The molecule has 17 heavy (non-hydrogen) atoms. The van der Waals surface area contributed by atoms with Gasteiger partial charge in [0.15, 0.2) is 0 Å². The van der Waals surface area contributed by atoms with Gasteiger partial charge in [0.1, 0.15) is 0 Å². The largest absolute Gasteiger partial charge is 0.369 e. The maximum atomic E-state index is 10.9. The van der Waals surface area contributed by atoms with Crippen molar-refractivity contribution in [2.75, 3.05) is 6.54 Å². The first-order chi connectivity index (χ1) is 8.27. The Morgan fingerprint density at radius 1 is 1.00 bits per heavy atom. The third-order valence-electron chi connectivity index (χ3n) is 4.61. The third kappa shape index (κ3) is 3.70. The molecule has 3 nitrogen and oxygen atoms in total. The molecule has 2 unspecified atom stereocenters. The van der Waals surface area contributed by atoms with Crippen LogP contribution in [-0.2, 0) is 4.79 Å². The van der Waals surface area contributed by atoms with Gasteiger partial charge in [-0.2, -0.15) is 0 Å². The number of primary amides is 1. The first kappa shape index (κ1) is 12.9. The van der Waals surface area contributed by atoms with Gasteiger partial charge in [-0.1, -0.05) is 44.9 Å². The lowest BCUT2D eigenvalue weighted by atomic mass is 9.71. The fraction of sp³-hybridized carbons (Fsp3) is 0.929. The molecule has 0 spiro atoms. The van der Waals surface area contributed by atoms with Crippen LogP contribution >= 0.6 is 0 Å². The molecule has 0 bridgehead atoms. The van der Waals surface area contributed by atoms with Crippen LogP contribution in [-0.4, -0.2) is 18.5 Å². The lowest BCUT2D eigenvalue weighted by molar-refractivity contribution is -0.117. The van der Waals surface area contributed by atoms with Gasteiger partial charge in [0.05, 0.1) is 6.54 Å². The van der Waals surface area contributed by atoms with Crippen molar-refractivity contribution in [2.24, 2.45) is 17.6 Å². The highest BCUT2D eigenvalue weighted by Gasteiger charge is 2.32. The van der Waals surface area contributed by atoms with Crippen molar-refractivity contribution in [3.05, 3.63) is 0 Å². The fourth-order valence-electron chi connectivity index (χ4n) is 3.77. The summed E-state index contributed by atoms with van der Waals surface area (Å²) in [5.41, 5.74) is 5.23. The Morgan fingerprint density at radius 2 is 1.65 bits per heavy atom. The topological polar surface area (TPSA) is 55.1 Å². The van der Waals surface area contributed by atoms with Crippen LogP contribution in [0.15, 0.2) is 0 Å². The van der Waals surface area contributed by atoms with Gasteiger partial charge in [0, 0.05) is 6.04 Å². The van der Waals surface area contributed by atoms with Crippen molar-refractivity contribution in [3.63, 3.8) is 0 Å². The Morgan fingerprint density at radius 3 is 2.35 bits per heavy atom. The molecule has 2 fully saturated rings. The maximum Gasteiger partial charge on any atom is 0.231 e. The van der Waals surface area contributed by atoms with Crippen molar-refractivity contribution in [2.45, 2.75) is 63.8 Å². The standard InChI is InChI=1S/C14H26N2O/c15-14(17)10-16-13-9-5-4-8-12(13)11-6-2-1-3-7-11/h11-13,16H,1-10H2,(H2,15,17). The zero-order valence-corrected chi connectivity index (χ0v) is 10.8. The molecule has 2 aliphatic rings. The van der Waals surface area contributed by atoms with E-state index in [9.17, 15) is 4.79 Å². The van der Waals surface area contributed by atoms with E-state index in [0.29, 0.717) is 12.6 Å². The average Bonchev–Trinajstić information content (AvgIpc) is 2.38. The van der Waals surface area contributed by atoms with Gasteiger partial charge in [0.2, 0.25) is 5.91 Å². The van der Waals surface area contributed by atoms with E-state index in [0.717, 1.165) is 11.8 Å². The molecule has 0 aromatic carbocycles. The number of hydrogen-bond acceptors (Lipinski definition) is 2. The molecule has 1 amide bonds. The lowest BCUT2D eigenvalue weighted by Gasteiger charge is -2.39. The SMILES string of the molecule is NC(=O)CNC1CCCCC1C1CCCCC1. The third-order valence-corrected chi connectivity index (χ3v) is 4.61. The molecule has 2 saturated carbocycles. The molecule has 2 atom stereocenters. The van der Waals surface area contributed by atoms with Gasteiger partial charge >= 0.3 is 0 Å². The summed E-state index contributed by atoms with van der Waals surface area (Å²) in [5, 5.41) is 3.39. The van der Waals surface area contributed by atoms with E-state index in [2.05, 4.69) is 5.32 Å². The van der Waals surface area contributed by atoms with Crippen LogP contribution < -0.4 is 11.1 Å². The molecule has 2 rings (SSSR count). The van der Waals surface area contributed by atoms with Crippen LogP contribution in [0.1, 0.15) is 57.8 Å². The molecular formula is C14H26N2O. The summed E-state index contributed by atoms with van der Waals surface area (Å²) >= 11 is 0. The number of amides is 1. The number of carbonyl (C=O) groups is 1. The van der Waals surface area contributed by atoms with Gasteiger partial charge in [-0.15, -0.1) is 0 Å². The highest BCUT2D eigenvalue weighted by molar-refractivity contribution is 5.75. The van der Waals surface area contributed by atoms with Crippen molar-refractivity contribution in [1.82, 2.24) is 5.32 Å². The summed E-state index contributed by atoms with van der Waals surface area (Å²) in [7, 11) is 0. The quantitative estimate of drug-likeness (QED) is 0.789. The summed E-state index contributed by atoms with van der Waals surface area (Å²) in [6.07, 6.45) is 12.3. The van der Waals surface area contributed by atoms with E-state index < -0.39 is 0 Å². The summed E-state index contributed by atoms with van der Waals surface area (Å²) in [6.45, 7) is 0.355. The minimum atomic E-state index is -0.224. The van der Waals surface area contributed by atoms with Gasteiger partial charge in [-0.05, 0) is 24.7 Å². The summed E-state index contributed by atoms with van der Waals surface area (Å²) < 4.78 is 0. The number of nitrogens with two attached hydrogens (primary N) is 1. The minimum Gasteiger partial charge on any atom is -0.369 e. The average molecular weight is 238 g/mol. The Bertz CT molecular complexity index is 249. The van der Waals surface area contributed by atoms with E-state index >= 15 is 0 Å². The fourth-order valence-corrected chi connectivity index (χ4v) is 3.77. The van der Waals surface area contributed by atoms with E-state index in [1.807, 2.05) is 0 Å².